The van der Waals surface area contributed by atoms with Gasteiger partial charge in [-0.3, -0.25) is 0 Å². The summed E-state index contributed by atoms with van der Waals surface area (Å²) >= 11 is 1.13. The maximum atomic E-state index is 11.3. The van der Waals surface area contributed by atoms with E-state index in [1.165, 1.54) is 5.38 Å². The number of carboxylic acid groups (broad SMARTS) is 1. The second-order valence-corrected chi connectivity index (χ2v) is 4.15. The van der Waals surface area contributed by atoms with Crippen LogP contribution in [0.25, 0.3) is 0 Å². The minimum absolute atomic E-state index is 0.0246. The standard InChI is InChI=1S/C9H12N4O5S/c10-8(16)18-2-1-11-9(17)12-3-6-13-5(4-19-6)7(14)15/h4H,1-3H2,(H2,10,16)(H,14,15)(H2,11,12,17). The quantitative estimate of drug-likeness (QED) is 0.531. The Bertz CT molecular complexity index is 475. The molecule has 1 aromatic rings. The summed E-state index contributed by atoms with van der Waals surface area (Å²) in [5.41, 5.74) is 4.67. The van der Waals surface area contributed by atoms with Crippen LogP contribution in [0.2, 0.25) is 0 Å². The lowest BCUT2D eigenvalue weighted by Crippen LogP contribution is -2.37. The largest absolute Gasteiger partial charge is 0.476 e. The minimum Gasteiger partial charge on any atom is -0.476 e. The molecule has 0 spiro atoms. The second-order valence-electron chi connectivity index (χ2n) is 3.21. The molecule has 0 radical (unpaired) electrons. The number of aromatic nitrogens is 1. The Hall–Kier alpha value is -2.36. The van der Waals surface area contributed by atoms with Crippen molar-refractivity contribution < 1.29 is 24.2 Å². The minimum atomic E-state index is -1.12. The number of thiazole rings is 1. The predicted molar refractivity (Wildman–Crippen MR) is 64.8 cm³/mol. The van der Waals surface area contributed by atoms with E-state index in [-0.39, 0.29) is 25.4 Å². The first-order chi connectivity index (χ1) is 8.99. The van der Waals surface area contributed by atoms with Gasteiger partial charge in [0, 0.05) is 5.38 Å². The number of carbonyl (C=O) groups excluding carboxylic acids is 2. The number of hydrogen-bond donors (Lipinski definition) is 4. The summed E-state index contributed by atoms with van der Waals surface area (Å²) in [5.74, 6) is -1.12. The van der Waals surface area contributed by atoms with Crippen molar-refractivity contribution in [3.63, 3.8) is 0 Å². The van der Waals surface area contributed by atoms with Crippen molar-refractivity contribution in [1.82, 2.24) is 15.6 Å². The van der Waals surface area contributed by atoms with Gasteiger partial charge < -0.3 is 26.2 Å². The van der Waals surface area contributed by atoms with Gasteiger partial charge in [-0.1, -0.05) is 0 Å². The SMILES string of the molecule is NC(=O)OCCNC(=O)NCc1nc(C(=O)O)cs1. The molecule has 0 aliphatic carbocycles. The van der Waals surface area contributed by atoms with Gasteiger partial charge in [0.2, 0.25) is 0 Å². The zero-order valence-electron chi connectivity index (χ0n) is 9.71. The molecule has 10 heteroatoms. The van der Waals surface area contributed by atoms with Crippen molar-refractivity contribution in [3.05, 3.63) is 16.1 Å². The van der Waals surface area contributed by atoms with Crippen molar-refractivity contribution in [1.29, 1.82) is 0 Å². The Morgan fingerprint density at radius 1 is 1.42 bits per heavy atom. The Balaban J connectivity index is 2.22. The van der Waals surface area contributed by atoms with E-state index in [4.69, 9.17) is 10.8 Å². The summed E-state index contributed by atoms with van der Waals surface area (Å²) in [4.78, 5) is 35.9. The van der Waals surface area contributed by atoms with Gasteiger partial charge in [0.1, 0.15) is 11.6 Å². The molecular formula is C9H12N4O5S. The van der Waals surface area contributed by atoms with Gasteiger partial charge in [-0.05, 0) is 0 Å². The highest BCUT2D eigenvalue weighted by molar-refractivity contribution is 7.09. The normalized spacial score (nSPS) is 9.68. The average molecular weight is 288 g/mol. The summed E-state index contributed by atoms with van der Waals surface area (Å²) in [6, 6.07) is -0.486. The molecule has 0 bridgehead atoms. The van der Waals surface area contributed by atoms with Crippen LogP contribution in [-0.2, 0) is 11.3 Å². The van der Waals surface area contributed by atoms with Crippen LogP contribution in [-0.4, -0.2) is 41.3 Å². The first-order valence-electron chi connectivity index (χ1n) is 5.10. The number of aromatic carboxylic acids is 1. The number of rotatable bonds is 6. The molecule has 19 heavy (non-hydrogen) atoms. The molecule has 0 fully saturated rings. The summed E-state index contributed by atoms with van der Waals surface area (Å²) < 4.78 is 4.41. The molecule has 0 saturated carbocycles. The van der Waals surface area contributed by atoms with E-state index in [0.717, 1.165) is 11.3 Å². The fraction of sp³-hybridized carbons (Fsp3) is 0.333. The van der Waals surface area contributed by atoms with Gasteiger partial charge in [-0.15, -0.1) is 11.3 Å². The molecular weight excluding hydrogens is 276 g/mol. The van der Waals surface area contributed by atoms with Crippen molar-refractivity contribution in [3.8, 4) is 0 Å². The molecule has 1 aromatic heterocycles. The maximum absolute atomic E-state index is 11.3. The molecule has 0 saturated heterocycles. The van der Waals surface area contributed by atoms with E-state index in [1.54, 1.807) is 0 Å². The van der Waals surface area contributed by atoms with E-state index >= 15 is 0 Å². The van der Waals surface area contributed by atoms with Crippen LogP contribution >= 0.6 is 11.3 Å². The molecule has 3 amide bonds. The number of amides is 3. The molecule has 104 valence electrons. The third kappa shape index (κ3) is 5.68. The second kappa shape index (κ2) is 7.16. The van der Waals surface area contributed by atoms with Crippen LogP contribution in [0, 0.1) is 0 Å². The molecule has 0 aromatic carbocycles. The Kier molecular flexibility index (Phi) is 5.54. The van der Waals surface area contributed by atoms with Gasteiger partial charge in [-0.25, -0.2) is 19.4 Å². The molecule has 0 aliphatic rings. The van der Waals surface area contributed by atoms with Crippen LogP contribution in [0.3, 0.4) is 0 Å². The van der Waals surface area contributed by atoms with E-state index in [2.05, 4.69) is 20.4 Å². The molecule has 0 aliphatic heterocycles. The maximum Gasteiger partial charge on any atom is 0.404 e. The van der Waals surface area contributed by atoms with Crippen molar-refractivity contribution >= 4 is 29.4 Å². The smallest absolute Gasteiger partial charge is 0.404 e. The number of primary amides is 1. The highest BCUT2D eigenvalue weighted by atomic mass is 32.1. The van der Waals surface area contributed by atoms with Gasteiger partial charge in [0.15, 0.2) is 5.69 Å². The van der Waals surface area contributed by atoms with Crippen LogP contribution in [0.15, 0.2) is 5.38 Å². The molecule has 0 atom stereocenters. The first-order valence-corrected chi connectivity index (χ1v) is 5.98. The summed E-state index contributed by atoms with van der Waals surface area (Å²) in [6.07, 6.45) is -0.911. The fourth-order valence-electron chi connectivity index (χ4n) is 1.02. The van der Waals surface area contributed by atoms with Crippen molar-refractivity contribution in [2.45, 2.75) is 6.54 Å². The summed E-state index contributed by atoms with van der Waals surface area (Å²) in [5, 5.41) is 15.4. The summed E-state index contributed by atoms with van der Waals surface area (Å²) in [7, 11) is 0. The van der Waals surface area contributed by atoms with E-state index in [9.17, 15) is 14.4 Å². The van der Waals surface area contributed by atoms with Gasteiger partial charge in [0.05, 0.1) is 13.1 Å². The van der Waals surface area contributed by atoms with E-state index in [0.29, 0.717) is 5.01 Å². The Morgan fingerprint density at radius 3 is 2.74 bits per heavy atom. The lowest BCUT2D eigenvalue weighted by molar-refractivity contribution is 0.0691. The molecule has 1 rings (SSSR count). The number of hydrogen-bond acceptors (Lipinski definition) is 6. The van der Waals surface area contributed by atoms with Crippen LogP contribution in [0.4, 0.5) is 9.59 Å². The number of nitrogens with one attached hydrogen (secondary N) is 2. The third-order valence-electron chi connectivity index (χ3n) is 1.80. The Labute approximate surface area is 111 Å². The monoisotopic (exact) mass is 288 g/mol. The number of ether oxygens (including phenoxy) is 1. The highest BCUT2D eigenvalue weighted by Crippen LogP contribution is 2.08. The molecule has 1 heterocycles. The lowest BCUT2D eigenvalue weighted by atomic mass is 10.5. The fourth-order valence-corrected chi connectivity index (χ4v) is 1.73. The number of urea groups is 1. The molecule has 9 nitrogen and oxygen atoms in total. The number of nitrogens with zero attached hydrogens (tertiary/aromatic N) is 1. The van der Waals surface area contributed by atoms with Crippen molar-refractivity contribution in [2.24, 2.45) is 5.73 Å². The Morgan fingerprint density at radius 2 is 2.16 bits per heavy atom. The zero-order valence-corrected chi connectivity index (χ0v) is 10.5. The lowest BCUT2D eigenvalue weighted by Gasteiger charge is -2.05. The number of nitrogens with two attached hydrogens (primary N) is 1. The van der Waals surface area contributed by atoms with Gasteiger partial charge in [0.25, 0.3) is 0 Å². The highest BCUT2D eigenvalue weighted by Gasteiger charge is 2.09. The number of carbonyl (C=O) groups is 3. The predicted octanol–water partition coefficient (Wildman–Crippen LogP) is -0.264. The zero-order chi connectivity index (χ0) is 14.3. The summed E-state index contributed by atoms with van der Waals surface area (Å²) in [6.45, 7) is 0.205. The topological polar surface area (TPSA) is 144 Å². The van der Waals surface area contributed by atoms with Gasteiger partial charge >= 0.3 is 18.1 Å². The van der Waals surface area contributed by atoms with Crippen LogP contribution in [0.1, 0.15) is 15.5 Å². The van der Waals surface area contributed by atoms with Gasteiger partial charge in [-0.2, -0.15) is 0 Å². The first kappa shape index (κ1) is 14.7. The van der Waals surface area contributed by atoms with Crippen molar-refractivity contribution in [2.75, 3.05) is 13.2 Å². The van der Waals surface area contributed by atoms with E-state index < -0.39 is 18.1 Å². The molecule has 5 N–H and O–H groups in total. The molecule has 0 unspecified atom stereocenters. The average Bonchev–Trinajstić information content (AvgIpc) is 2.81. The van der Waals surface area contributed by atoms with Crippen LogP contribution in [0.5, 0.6) is 0 Å². The third-order valence-corrected chi connectivity index (χ3v) is 2.65. The van der Waals surface area contributed by atoms with Crippen LogP contribution < -0.4 is 16.4 Å². The number of carboxylic acids is 1. The van der Waals surface area contributed by atoms with E-state index in [1.807, 2.05) is 0 Å².